The van der Waals surface area contributed by atoms with Gasteiger partial charge in [-0.25, -0.2) is 4.98 Å². The van der Waals surface area contributed by atoms with E-state index in [0.29, 0.717) is 22.6 Å². The van der Waals surface area contributed by atoms with Gasteiger partial charge >= 0.3 is 6.01 Å². The highest BCUT2D eigenvalue weighted by molar-refractivity contribution is 5.50. The maximum atomic E-state index is 10.9. The Morgan fingerprint density at radius 3 is 2.52 bits per heavy atom. The molecule has 2 rings (SSSR count). The molecule has 0 radical (unpaired) electrons. The van der Waals surface area contributed by atoms with Crippen molar-refractivity contribution in [3.63, 3.8) is 0 Å². The maximum Gasteiger partial charge on any atom is 0.323 e. The van der Waals surface area contributed by atoms with Gasteiger partial charge in [0.2, 0.25) is 0 Å². The fraction of sp³-hybridized carbons (Fsp3) is 0.214. The Morgan fingerprint density at radius 2 is 1.90 bits per heavy atom. The molecular weight excluding hydrogens is 272 g/mol. The fourth-order valence-corrected chi connectivity index (χ4v) is 1.82. The smallest absolute Gasteiger partial charge is 0.323 e. The van der Waals surface area contributed by atoms with Crippen LogP contribution >= 0.6 is 0 Å². The molecular formula is C14H12N4O3. The highest BCUT2D eigenvalue weighted by atomic mass is 16.6. The van der Waals surface area contributed by atoms with Crippen molar-refractivity contribution < 1.29 is 9.66 Å². The second-order valence-corrected chi connectivity index (χ2v) is 4.55. The third-order valence-electron chi connectivity index (χ3n) is 2.84. The van der Waals surface area contributed by atoms with Crippen molar-refractivity contribution in [3.05, 3.63) is 50.8 Å². The molecule has 0 amide bonds. The number of nitrogens with zero attached hydrogens (tertiary/aromatic N) is 4. The minimum absolute atomic E-state index is 0.0303. The van der Waals surface area contributed by atoms with Gasteiger partial charge in [-0.15, -0.1) is 0 Å². The molecule has 106 valence electrons. The minimum atomic E-state index is -0.441. The van der Waals surface area contributed by atoms with Gasteiger partial charge in [-0.05, 0) is 38.5 Å². The number of nitro groups is 1. The Balaban J connectivity index is 2.41. The van der Waals surface area contributed by atoms with Crippen molar-refractivity contribution in [1.82, 2.24) is 9.97 Å². The van der Waals surface area contributed by atoms with Gasteiger partial charge in [-0.3, -0.25) is 10.1 Å². The van der Waals surface area contributed by atoms with Crippen LogP contribution in [0.2, 0.25) is 0 Å². The summed E-state index contributed by atoms with van der Waals surface area (Å²) in [7, 11) is 0. The van der Waals surface area contributed by atoms with Crippen LogP contribution in [-0.4, -0.2) is 14.9 Å². The molecule has 0 spiro atoms. The molecule has 0 aliphatic rings. The summed E-state index contributed by atoms with van der Waals surface area (Å²) in [6, 6.07) is 6.51. The number of ether oxygens (including phenoxy) is 1. The molecule has 0 aliphatic carbocycles. The predicted octanol–water partition coefficient (Wildman–Crippen LogP) is 2.97. The van der Waals surface area contributed by atoms with E-state index in [9.17, 15) is 10.1 Å². The van der Waals surface area contributed by atoms with E-state index in [4.69, 9.17) is 10.00 Å². The lowest BCUT2D eigenvalue weighted by molar-refractivity contribution is -0.385. The standard InChI is InChI=1S/C14H12N4O3/c1-8-5-13(9(2)4-12(8)18(19)20)21-14-16-10(3)6-11(7-15)17-14/h4-6H,1-3H3. The van der Waals surface area contributed by atoms with Crippen LogP contribution in [0.1, 0.15) is 22.5 Å². The normalized spacial score (nSPS) is 10.0. The van der Waals surface area contributed by atoms with Gasteiger partial charge < -0.3 is 4.74 Å². The van der Waals surface area contributed by atoms with Crippen LogP contribution in [0.15, 0.2) is 18.2 Å². The summed E-state index contributed by atoms with van der Waals surface area (Å²) in [6.45, 7) is 5.05. The molecule has 21 heavy (non-hydrogen) atoms. The van der Waals surface area contributed by atoms with E-state index in [1.165, 1.54) is 6.07 Å². The van der Waals surface area contributed by atoms with Gasteiger partial charge in [0.15, 0.2) is 0 Å². The largest absolute Gasteiger partial charge is 0.424 e. The summed E-state index contributed by atoms with van der Waals surface area (Å²) < 4.78 is 5.55. The van der Waals surface area contributed by atoms with Crippen molar-refractivity contribution in [1.29, 1.82) is 5.26 Å². The van der Waals surface area contributed by atoms with E-state index >= 15 is 0 Å². The Bertz CT molecular complexity index is 766. The van der Waals surface area contributed by atoms with Crippen molar-refractivity contribution in [2.24, 2.45) is 0 Å². The van der Waals surface area contributed by atoms with E-state index in [1.807, 2.05) is 6.07 Å². The highest BCUT2D eigenvalue weighted by Crippen LogP contribution is 2.30. The Hall–Kier alpha value is -3.01. The van der Waals surface area contributed by atoms with E-state index in [1.54, 1.807) is 32.9 Å². The lowest BCUT2D eigenvalue weighted by Crippen LogP contribution is -1.99. The number of aryl methyl sites for hydroxylation is 3. The summed E-state index contributed by atoms with van der Waals surface area (Å²) in [6.07, 6.45) is 0. The molecule has 0 N–H and O–H groups in total. The van der Waals surface area contributed by atoms with Gasteiger partial charge in [0.25, 0.3) is 5.69 Å². The van der Waals surface area contributed by atoms with Gasteiger partial charge in [0.05, 0.1) is 4.92 Å². The van der Waals surface area contributed by atoms with Gasteiger partial charge in [-0.1, -0.05) is 0 Å². The molecule has 0 bridgehead atoms. The van der Waals surface area contributed by atoms with Crippen LogP contribution < -0.4 is 4.74 Å². The van der Waals surface area contributed by atoms with Crippen LogP contribution in [0.5, 0.6) is 11.8 Å². The summed E-state index contributed by atoms with van der Waals surface area (Å²) >= 11 is 0. The molecule has 1 aromatic carbocycles. The van der Waals surface area contributed by atoms with Gasteiger partial charge in [0, 0.05) is 17.3 Å². The summed E-state index contributed by atoms with van der Waals surface area (Å²) in [5.74, 6) is 0.424. The first-order valence-corrected chi connectivity index (χ1v) is 6.10. The lowest BCUT2D eigenvalue weighted by Gasteiger charge is -2.09. The van der Waals surface area contributed by atoms with Gasteiger partial charge in [-0.2, -0.15) is 10.2 Å². The Labute approximate surface area is 121 Å². The average molecular weight is 284 g/mol. The zero-order valence-corrected chi connectivity index (χ0v) is 11.7. The molecule has 0 saturated carbocycles. The molecule has 0 saturated heterocycles. The molecule has 7 heteroatoms. The zero-order valence-electron chi connectivity index (χ0n) is 11.7. The molecule has 1 aromatic heterocycles. The molecule has 7 nitrogen and oxygen atoms in total. The number of hydrogen-bond acceptors (Lipinski definition) is 6. The Morgan fingerprint density at radius 1 is 1.19 bits per heavy atom. The van der Waals surface area contributed by atoms with Crippen molar-refractivity contribution in [3.8, 4) is 17.8 Å². The van der Waals surface area contributed by atoms with E-state index < -0.39 is 4.92 Å². The summed E-state index contributed by atoms with van der Waals surface area (Å²) in [5.41, 5.74) is 1.91. The number of hydrogen-bond donors (Lipinski definition) is 0. The third kappa shape index (κ3) is 3.12. The van der Waals surface area contributed by atoms with Crippen LogP contribution in [-0.2, 0) is 0 Å². The predicted molar refractivity (Wildman–Crippen MR) is 74.1 cm³/mol. The fourth-order valence-electron chi connectivity index (χ4n) is 1.82. The first kappa shape index (κ1) is 14.4. The van der Waals surface area contributed by atoms with Crippen LogP contribution in [0.25, 0.3) is 0 Å². The van der Waals surface area contributed by atoms with Crippen LogP contribution in [0.3, 0.4) is 0 Å². The first-order valence-electron chi connectivity index (χ1n) is 6.10. The van der Waals surface area contributed by atoms with Crippen molar-refractivity contribution in [2.75, 3.05) is 0 Å². The minimum Gasteiger partial charge on any atom is -0.424 e. The monoisotopic (exact) mass is 284 g/mol. The van der Waals surface area contributed by atoms with E-state index in [2.05, 4.69) is 9.97 Å². The highest BCUT2D eigenvalue weighted by Gasteiger charge is 2.15. The van der Waals surface area contributed by atoms with E-state index in [0.717, 1.165) is 0 Å². The molecule has 0 fully saturated rings. The molecule has 0 unspecified atom stereocenters. The number of rotatable bonds is 3. The molecule has 1 heterocycles. The SMILES string of the molecule is Cc1cc(C#N)nc(Oc2cc(C)c([N+](=O)[O-])cc2C)n1. The molecule has 0 atom stereocenters. The average Bonchev–Trinajstić information content (AvgIpc) is 2.41. The second kappa shape index (κ2) is 5.54. The summed E-state index contributed by atoms with van der Waals surface area (Å²) in [4.78, 5) is 18.5. The quantitative estimate of drug-likeness (QED) is 0.634. The topological polar surface area (TPSA) is 102 Å². The summed E-state index contributed by atoms with van der Waals surface area (Å²) in [5, 5.41) is 19.8. The van der Waals surface area contributed by atoms with Crippen LogP contribution in [0, 0.1) is 42.2 Å². The second-order valence-electron chi connectivity index (χ2n) is 4.55. The van der Waals surface area contributed by atoms with Gasteiger partial charge in [0.1, 0.15) is 17.5 Å². The third-order valence-corrected chi connectivity index (χ3v) is 2.84. The lowest BCUT2D eigenvalue weighted by atomic mass is 10.1. The molecule has 2 aromatic rings. The molecule has 0 aliphatic heterocycles. The van der Waals surface area contributed by atoms with E-state index in [-0.39, 0.29) is 17.4 Å². The van der Waals surface area contributed by atoms with Crippen LogP contribution in [0.4, 0.5) is 5.69 Å². The number of benzene rings is 1. The number of nitriles is 1. The van der Waals surface area contributed by atoms with Crippen molar-refractivity contribution >= 4 is 5.69 Å². The number of nitro benzene ring substituents is 1. The first-order chi connectivity index (χ1) is 9.90. The maximum absolute atomic E-state index is 10.9. The zero-order chi connectivity index (χ0) is 15.6. The van der Waals surface area contributed by atoms with Crippen molar-refractivity contribution in [2.45, 2.75) is 20.8 Å². The number of aromatic nitrogens is 2. The Kier molecular flexibility index (Phi) is 3.80.